The number of aromatic nitrogens is 3. The van der Waals surface area contributed by atoms with Crippen LogP contribution in [0.5, 0.6) is 0 Å². The minimum absolute atomic E-state index is 0.0444. The molecule has 2 heterocycles. The molecule has 2 rings (SSSR count). The first kappa shape index (κ1) is 19.6. The second-order valence-electron chi connectivity index (χ2n) is 6.81. The van der Waals surface area contributed by atoms with Crippen LogP contribution in [0.3, 0.4) is 0 Å². The number of amides is 1. The molecule has 26 heavy (non-hydrogen) atoms. The summed E-state index contributed by atoms with van der Waals surface area (Å²) in [4.78, 5) is 30.4. The van der Waals surface area contributed by atoms with Gasteiger partial charge in [-0.3, -0.25) is 4.79 Å². The molecule has 0 fully saturated rings. The van der Waals surface area contributed by atoms with Crippen LogP contribution < -0.4 is 0 Å². The molecule has 0 aliphatic heterocycles. The Labute approximate surface area is 154 Å². The van der Waals surface area contributed by atoms with Crippen molar-refractivity contribution in [1.82, 2.24) is 19.7 Å². The molecule has 0 spiro atoms. The molecule has 0 saturated carbocycles. The summed E-state index contributed by atoms with van der Waals surface area (Å²) in [7, 11) is 0. The lowest BCUT2D eigenvalue weighted by atomic mass is 10.2. The SMILES string of the molecule is Cc1cc(C)n(-c2ccc(C(=O)OCC(=O)N(C(C)C)C(C)C)cn2)n1. The van der Waals surface area contributed by atoms with Gasteiger partial charge in [0.1, 0.15) is 0 Å². The summed E-state index contributed by atoms with van der Waals surface area (Å²) >= 11 is 0. The number of rotatable bonds is 6. The summed E-state index contributed by atoms with van der Waals surface area (Å²) in [6, 6.07) is 5.36. The molecule has 2 aromatic heterocycles. The first-order valence-corrected chi connectivity index (χ1v) is 8.68. The molecule has 0 aliphatic rings. The van der Waals surface area contributed by atoms with Gasteiger partial charge >= 0.3 is 5.97 Å². The van der Waals surface area contributed by atoms with Crippen LogP contribution in [0.4, 0.5) is 0 Å². The van der Waals surface area contributed by atoms with E-state index in [2.05, 4.69) is 10.1 Å². The molecule has 0 aromatic carbocycles. The topological polar surface area (TPSA) is 77.3 Å². The Morgan fingerprint density at radius 2 is 1.81 bits per heavy atom. The molecule has 0 saturated heterocycles. The van der Waals surface area contributed by atoms with E-state index in [1.165, 1.54) is 6.20 Å². The van der Waals surface area contributed by atoms with Crippen molar-refractivity contribution in [3.05, 3.63) is 41.3 Å². The zero-order valence-electron chi connectivity index (χ0n) is 16.2. The van der Waals surface area contributed by atoms with E-state index in [0.29, 0.717) is 11.4 Å². The molecule has 7 nitrogen and oxygen atoms in total. The number of nitrogens with zero attached hydrogens (tertiary/aromatic N) is 4. The summed E-state index contributed by atoms with van der Waals surface area (Å²) in [5.41, 5.74) is 2.15. The van der Waals surface area contributed by atoms with Gasteiger partial charge in [-0.05, 0) is 59.7 Å². The Kier molecular flexibility index (Phi) is 6.13. The number of aryl methyl sites for hydroxylation is 2. The van der Waals surface area contributed by atoms with Gasteiger partial charge in [-0.2, -0.15) is 5.10 Å². The zero-order chi connectivity index (χ0) is 19.4. The maximum atomic E-state index is 12.3. The number of carbonyl (C=O) groups is 2. The maximum Gasteiger partial charge on any atom is 0.340 e. The Balaban J connectivity index is 2.02. The van der Waals surface area contributed by atoms with Gasteiger partial charge in [0.15, 0.2) is 12.4 Å². The van der Waals surface area contributed by atoms with Crippen molar-refractivity contribution in [2.45, 2.75) is 53.6 Å². The maximum absolute atomic E-state index is 12.3. The van der Waals surface area contributed by atoms with Gasteiger partial charge in [0, 0.05) is 24.0 Å². The van der Waals surface area contributed by atoms with Gasteiger partial charge in [0.2, 0.25) is 0 Å². The number of hydrogen-bond donors (Lipinski definition) is 0. The predicted molar refractivity (Wildman–Crippen MR) is 98.2 cm³/mol. The van der Waals surface area contributed by atoms with Gasteiger partial charge in [0.05, 0.1) is 11.3 Å². The van der Waals surface area contributed by atoms with E-state index in [0.717, 1.165) is 11.4 Å². The van der Waals surface area contributed by atoms with Crippen LogP contribution in [0.1, 0.15) is 49.4 Å². The van der Waals surface area contributed by atoms with Gasteiger partial charge < -0.3 is 9.64 Å². The third-order valence-corrected chi connectivity index (χ3v) is 3.94. The monoisotopic (exact) mass is 358 g/mol. The van der Waals surface area contributed by atoms with E-state index in [1.807, 2.05) is 47.6 Å². The largest absolute Gasteiger partial charge is 0.452 e. The molecule has 140 valence electrons. The third-order valence-electron chi connectivity index (χ3n) is 3.94. The van der Waals surface area contributed by atoms with Crippen LogP contribution in [0.2, 0.25) is 0 Å². The lowest BCUT2D eigenvalue weighted by Crippen LogP contribution is -2.44. The van der Waals surface area contributed by atoms with Crippen LogP contribution in [-0.2, 0) is 9.53 Å². The first-order valence-electron chi connectivity index (χ1n) is 8.68. The lowest BCUT2D eigenvalue weighted by molar-refractivity contribution is -0.138. The molecular weight excluding hydrogens is 332 g/mol. The molecular formula is C19H26N4O3. The highest BCUT2D eigenvalue weighted by Crippen LogP contribution is 2.11. The van der Waals surface area contributed by atoms with E-state index >= 15 is 0 Å². The highest BCUT2D eigenvalue weighted by molar-refractivity contribution is 5.91. The van der Waals surface area contributed by atoms with Crippen molar-refractivity contribution in [2.75, 3.05) is 6.61 Å². The Morgan fingerprint density at radius 3 is 2.27 bits per heavy atom. The number of esters is 1. The van der Waals surface area contributed by atoms with Gasteiger partial charge in [-0.15, -0.1) is 0 Å². The standard InChI is InChI=1S/C19H26N4O3/c1-12(2)22(13(3)4)18(24)11-26-19(25)16-7-8-17(20-10-16)23-15(6)9-14(5)21-23/h7-10,12-13H,11H2,1-6H3. The summed E-state index contributed by atoms with van der Waals surface area (Å²) in [6.07, 6.45) is 1.43. The molecule has 0 unspecified atom stereocenters. The average molecular weight is 358 g/mol. The average Bonchev–Trinajstić information content (AvgIpc) is 2.90. The summed E-state index contributed by atoms with van der Waals surface area (Å²) < 4.78 is 6.86. The second kappa shape index (κ2) is 8.12. The molecule has 0 aliphatic carbocycles. The van der Waals surface area contributed by atoms with E-state index < -0.39 is 5.97 Å². The number of carbonyl (C=O) groups excluding carboxylic acids is 2. The molecule has 0 N–H and O–H groups in total. The van der Waals surface area contributed by atoms with Crippen molar-refractivity contribution in [1.29, 1.82) is 0 Å². The fourth-order valence-corrected chi connectivity index (χ4v) is 2.95. The molecule has 0 radical (unpaired) electrons. The minimum atomic E-state index is -0.571. The second-order valence-corrected chi connectivity index (χ2v) is 6.81. The van der Waals surface area contributed by atoms with Crippen LogP contribution in [0.25, 0.3) is 5.82 Å². The third kappa shape index (κ3) is 4.47. The Bertz CT molecular complexity index is 771. The number of pyridine rings is 1. The summed E-state index contributed by atoms with van der Waals surface area (Å²) in [5, 5.41) is 4.35. The van der Waals surface area contributed by atoms with Gasteiger partial charge in [0.25, 0.3) is 5.91 Å². The molecule has 1 amide bonds. The van der Waals surface area contributed by atoms with Crippen LogP contribution in [-0.4, -0.2) is 50.2 Å². The fourth-order valence-electron chi connectivity index (χ4n) is 2.95. The predicted octanol–water partition coefficient (Wildman–Crippen LogP) is 2.69. The molecule has 0 bridgehead atoms. The van der Waals surface area contributed by atoms with Crippen molar-refractivity contribution in [3.8, 4) is 5.82 Å². The van der Waals surface area contributed by atoms with E-state index in [-0.39, 0.29) is 24.6 Å². The normalized spacial score (nSPS) is 11.1. The van der Waals surface area contributed by atoms with Crippen molar-refractivity contribution in [2.24, 2.45) is 0 Å². The fraction of sp³-hybridized carbons (Fsp3) is 0.474. The van der Waals surface area contributed by atoms with Crippen LogP contribution in [0, 0.1) is 13.8 Å². The number of ether oxygens (including phenoxy) is 1. The lowest BCUT2D eigenvalue weighted by Gasteiger charge is -2.30. The molecule has 2 aromatic rings. The van der Waals surface area contributed by atoms with Crippen molar-refractivity contribution in [3.63, 3.8) is 0 Å². The van der Waals surface area contributed by atoms with Crippen molar-refractivity contribution < 1.29 is 14.3 Å². The van der Waals surface area contributed by atoms with Crippen LogP contribution in [0.15, 0.2) is 24.4 Å². The summed E-state index contributed by atoms with van der Waals surface area (Å²) in [5.74, 6) is -0.164. The Morgan fingerprint density at radius 1 is 1.15 bits per heavy atom. The van der Waals surface area contributed by atoms with Gasteiger partial charge in [-0.1, -0.05) is 0 Å². The quantitative estimate of drug-likeness (QED) is 0.742. The first-order chi connectivity index (χ1) is 12.2. The van der Waals surface area contributed by atoms with E-state index in [9.17, 15) is 9.59 Å². The smallest absolute Gasteiger partial charge is 0.340 e. The highest BCUT2D eigenvalue weighted by Gasteiger charge is 2.21. The molecule has 0 atom stereocenters. The molecule has 7 heteroatoms. The number of hydrogen-bond acceptors (Lipinski definition) is 5. The van der Waals surface area contributed by atoms with Crippen molar-refractivity contribution >= 4 is 11.9 Å². The Hall–Kier alpha value is -2.70. The highest BCUT2D eigenvalue weighted by atomic mass is 16.5. The minimum Gasteiger partial charge on any atom is -0.452 e. The summed E-state index contributed by atoms with van der Waals surface area (Å²) in [6.45, 7) is 11.3. The van der Waals surface area contributed by atoms with E-state index in [4.69, 9.17) is 4.74 Å². The van der Waals surface area contributed by atoms with E-state index in [1.54, 1.807) is 21.7 Å². The van der Waals surface area contributed by atoms with Crippen LogP contribution >= 0.6 is 0 Å². The zero-order valence-corrected chi connectivity index (χ0v) is 16.2. The van der Waals surface area contributed by atoms with Gasteiger partial charge in [-0.25, -0.2) is 14.5 Å².